The van der Waals surface area contributed by atoms with E-state index in [1.165, 1.54) is 6.92 Å². The first-order chi connectivity index (χ1) is 7.50. The molecular weight excluding hydrogens is 249 g/mol. The van der Waals surface area contributed by atoms with Crippen LogP contribution in [0, 0.1) is 0 Å². The van der Waals surface area contributed by atoms with Crippen LogP contribution < -0.4 is 5.32 Å². The van der Waals surface area contributed by atoms with Crippen LogP contribution in [0.25, 0.3) is 6.08 Å². The molecule has 5 heteroatoms. The molecule has 0 atom stereocenters. The molecule has 0 unspecified atom stereocenters. The van der Waals surface area contributed by atoms with Crippen LogP contribution in [0.5, 0.6) is 5.75 Å². The van der Waals surface area contributed by atoms with Crippen LogP contribution in [-0.4, -0.2) is 17.6 Å². The Kier molecular flexibility index (Phi) is 4.65. The SMILES string of the molecule is CC(=O)NCC=Cc1cc(Cl)c(O)c(Cl)c1. The molecule has 1 amide bonds. The molecule has 1 aromatic rings. The van der Waals surface area contributed by atoms with Crippen molar-refractivity contribution < 1.29 is 9.90 Å². The summed E-state index contributed by atoms with van der Waals surface area (Å²) in [5.41, 5.74) is 0.762. The minimum Gasteiger partial charge on any atom is -0.505 e. The Morgan fingerprint density at radius 2 is 2.00 bits per heavy atom. The smallest absolute Gasteiger partial charge is 0.217 e. The highest BCUT2D eigenvalue weighted by Crippen LogP contribution is 2.32. The maximum absolute atomic E-state index is 10.6. The molecule has 2 N–H and O–H groups in total. The molecule has 0 saturated heterocycles. The number of amides is 1. The molecule has 0 aromatic heterocycles. The second kappa shape index (κ2) is 5.77. The Labute approximate surface area is 104 Å². The zero-order valence-corrected chi connectivity index (χ0v) is 10.1. The lowest BCUT2D eigenvalue weighted by atomic mass is 10.2. The summed E-state index contributed by atoms with van der Waals surface area (Å²) < 4.78 is 0. The third-order valence-electron chi connectivity index (χ3n) is 1.82. The Bertz CT molecular complexity index is 407. The van der Waals surface area contributed by atoms with Gasteiger partial charge in [-0.25, -0.2) is 0 Å². The standard InChI is InChI=1S/C11H11Cl2NO2/c1-7(15)14-4-2-3-8-5-9(12)11(16)10(13)6-8/h2-3,5-6,16H,4H2,1H3,(H,14,15). The summed E-state index contributed by atoms with van der Waals surface area (Å²) in [6, 6.07) is 3.18. The summed E-state index contributed by atoms with van der Waals surface area (Å²) in [4.78, 5) is 10.6. The maximum atomic E-state index is 10.6. The summed E-state index contributed by atoms with van der Waals surface area (Å²) in [6.07, 6.45) is 3.52. The van der Waals surface area contributed by atoms with Crippen LogP contribution in [0.1, 0.15) is 12.5 Å². The molecule has 0 aliphatic rings. The van der Waals surface area contributed by atoms with Crippen molar-refractivity contribution in [2.75, 3.05) is 6.54 Å². The van der Waals surface area contributed by atoms with Crippen LogP contribution in [0.15, 0.2) is 18.2 Å². The molecular formula is C11H11Cl2NO2. The quantitative estimate of drug-likeness (QED) is 0.877. The Balaban J connectivity index is 2.71. The van der Waals surface area contributed by atoms with Crippen molar-refractivity contribution in [2.24, 2.45) is 0 Å². The van der Waals surface area contributed by atoms with Crippen molar-refractivity contribution in [3.63, 3.8) is 0 Å². The van der Waals surface area contributed by atoms with Gasteiger partial charge in [0.05, 0.1) is 10.0 Å². The van der Waals surface area contributed by atoms with Gasteiger partial charge in [0.2, 0.25) is 5.91 Å². The molecule has 1 rings (SSSR count). The average molecular weight is 260 g/mol. The van der Waals surface area contributed by atoms with Gasteiger partial charge < -0.3 is 10.4 Å². The molecule has 0 fully saturated rings. The topological polar surface area (TPSA) is 49.3 Å². The Morgan fingerprint density at radius 3 is 2.50 bits per heavy atom. The average Bonchev–Trinajstić information content (AvgIpc) is 2.20. The van der Waals surface area contributed by atoms with Gasteiger partial charge >= 0.3 is 0 Å². The molecule has 16 heavy (non-hydrogen) atoms. The summed E-state index contributed by atoms with van der Waals surface area (Å²) in [6.45, 7) is 1.88. The van der Waals surface area contributed by atoms with E-state index >= 15 is 0 Å². The number of aromatic hydroxyl groups is 1. The van der Waals surface area contributed by atoms with Crippen LogP contribution in [0.3, 0.4) is 0 Å². The minimum atomic E-state index is -0.123. The highest BCUT2D eigenvalue weighted by Gasteiger charge is 2.04. The van der Waals surface area contributed by atoms with Crippen LogP contribution in [0.4, 0.5) is 0 Å². The summed E-state index contributed by atoms with van der Waals surface area (Å²) >= 11 is 11.5. The second-order valence-electron chi connectivity index (χ2n) is 3.17. The second-order valence-corrected chi connectivity index (χ2v) is 3.99. The molecule has 0 aliphatic carbocycles. The van der Waals surface area contributed by atoms with Crippen LogP contribution >= 0.6 is 23.2 Å². The fourth-order valence-electron chi connectivity index (χ4n) is 1.08. The lowest BCUT2D eigenvalue weighted by Crippen LogP contribution is -2.19. The lowest BCUT2D eigenvalue weighted by Gasteiger charge is -2.01. The van der Waals surface area contributed by atoms with Crippen molar-refractivity contribution >= 4 is 35.2 Å². The van der Waals surface area contributed by atoms with Gasteiger partial charge in [-0.15, -0.1) is 0 Å². The molecule has 0 heterocycles. The fraction of sp³-hybridized carbons (Fsp3) is 0.182. The van der Waals surface area contributed by atoms with E-state index in [2.05, 4.69) is 5.32 Å². The van der Waals surface area contributed by atoms with E-state index in [1.54, 1.807) is 24.3 Å². The first kappa shape index (κ1) is 12.9. The number of halogens is 2. The van der Waals surface area contributed by atoms with Crippen molar-refractivity contribution in [1.29, 1.82) is 0 Å². The predicted molar refractivity (Wildman–Crippen MR) is 65.8 cm³/mol. The van der Waals surface area contributed by atoms with Gasteiger partial charge in [-0.3, -0.25) is 4.79 Å². The van der Waals surface area contributed by atoms with Crippen molar-refractivity contribution in [3.8, 4) is 5.75 Å². The first-order valence-electron chi connectivity index (χ1n) is 4.59. The van der Waals surface area contributed by atoms with E-state index in [4.69, 9.17) is 23.2 Å². The lowest BCUT2D eigenvalue weighted by molar-refractivity contribution is -0.118. The number of hydrogen-bond donors (Lipinski definition) is 2. The molecule has 86 valence electrons. The van der Waals surface area contributed by atoms with Crippen molar-refractivity contribution in [3.05, 3.63) is 33.8 Å². The van der Waals surface area contributed by atoms with Crippen LogP contribution in [-0.2, 0) is 4.79 Å². The fourth-order valence-corrected chi connectivity index (χ4v) is 1.58. The number of carbonyl (C=O) groups is 1. The molecule has 3 nitrogen and oxygen atoms in total. The van der Waals surface area contributed by atoms with E-state index in [0.717, 1.165) is 5.56 Å². The Hall–Kier alpha value is -1.19. The molecule has 0 saturated carbocycles. The number of rotatable bonds is 3. The zero-order valence-electron chi connectivity index (χ0n) is 8.63. The van der Waals surface area contributed by atoms with Gasteiger partial charge in [-0.2, -0.15) is 0 Å². The van der Waals surface area contributed by atoms with E-state index < -0.39 is 0 Å². The van der Waals surface area contributed by atoms with Gasteiger partial charge in [-0.1, -0.05) is 35.4 Å². The predicted octanol–water partition coefficient (Wildman–Crippen LogP) is 2.85. The zero-order chi connectivity index (χ0) is 12.1. The van der Waals surface area contributed by atoms with Gasteiger partial charge in [-0.05, 0) is 17.7 Å². The summed E-state index contributed by atoms with van der Waals surface area (Å²) in [5.74, 6) is -0.214. The number of carbonyl (C=O) groups excluding carboxylic acids is 1. The number of phenols is 1. The van der Waals surface area contributed by atoms with Crippen molar-refractivity contribution in [1.82, 2.24) is 5.32 Å². The third kappa shape index (κ3) is 3.76. The van der Waals surface area contributed by atoms with Gasteiger partial charge in [0.1, 0.15) is 0 Å². The van der Waals surface area contributed by atoms with Gasteiger partial charge in [0.15, 0.2) is 5.75 Å². The van der Waals surface area contributed by atoms with Gasteiger partial charge in [0, 0.05) is 13.5 Å². The molecule has 1 aromatic carbocycles. The van der Waals surface area contributed by atoms with E-state index in [9.17, 15) is 9.90 Å². The highest BCUT2D eigenvalue weighted by molar-refractivity contribution is 6.37. The minimum absolute atomic E-state index is 0.0913. The highest BCUT2D eigenvalue weighted by atomic mass is 35.5. The number of benzene rings is 1. The maximum Gasteiger partial charge on any atom is 0.217 e. The van der Waals surface area contributed by atoms with E-state index in [1.807, 2.05) is 0 Å². The first-order valence-corrected chi connectivity index (χ1v) is 5.35. The normalized spacial score (nSPS) is 10.7. The molecule has 0 aliphatic heterocycles. The molecule has 0 spiro atoms. The Morgan fingerprint density at radius 1 is 1.44 bits per heavy atom. The van der Waals surface area contributed by atoms with Crippen LogP contribution in [0.2, 0.25) is 10.0 Å². The number of phenolic OH excluding ortho intramolecular Hbond substituents is 1. The van der Waals surface area contributed by atoms with E-state index in [0.29, 0.717) is 6.54 Å². The third-order valence-corrected chi connectivity index (χ3v) is 2.39. The molecule has 0 radical (unpaired) electrons. The van der Waals surface area contributed by atoms with Crippen molar-refractivity contribution in [2.45, 2.75) is 6.92 Å². The largest absolute Gasteiger partial charge is 0.505 e. The molecule has 0 bridgehead atoms. The van der Waals surface area contributed by atoms with Gasteiger partial charge in [0.25, 0.3) is 0 Å². The number of nitrogens with one attached hydrogen (secondary N) is 1. The number of hydrogen-bond acceptors (Lipinski definition) is 2. The summed E-state index contributed by atoms with van der Waals surface area (Å²) in [5, 5.41) is 12.3. The van der Waals surface area contributed by atoms with E-state index in [-0.39, 0.29) is 21.7 Å². The summed E-state index contributed by atoms with van der Waals surface area (Å²) in [7, 11) is 0. The monoisotopic (exact) mass is 259 g/mol.